The summed E-state index contributed by atoms with van der Waals surface area (Å²) in [6, 6.07) is 11.2. The molecule has 0 fully saturated rings. The number of nitrogens with two attached hydrogens (primary N) is 1. The Morgan fingerprint density at radius 1 is 1.08 bits per heavy atom. The lowest BCUT2D eigenvalue weighted by atomic mass is 10.3. The Kier molecular flexibility index (Phi) is 5.16. The second-order valence-electron chi connectivity index (χ2n) is 5.21. The molecular weight excluding hydrogens is 364 g/mol. The van der Waals surface area contributed by atoms with Crippen molar-refractivity contribution in [2.24, 2.45) is 5.14 Å². The second-order valence-corrected chi connectivity index (χ2v) is 7.82. The van der Waals surface area contributed by atoms with E-state index in [4.69, 9.17) is 14.6 Å². The summed E-state index contributed by atoms with van der Waals surface area (Å²) in [4.78, 5) is 12.9. The highest BCUT2D eigenvalue weighted by atomic mass is 32.2. The molecule has 1 amide bonds. The lowest BCUT2D eigenvalue weighted by molar-refractivity contribution is -0.113. The van der Waals surface area contributed by atoms with Crippen LogP contribution in [-0.2, 0) is 14.8 Å². The number of nitrogens with one attached hydrogen (secondary N) is 1. The van der Waals surface area contributed by atoms with Gasteiger partial charge in [0, 0.05) is 10.6 Å². The minimum absolute atomic E-state index is 0.00356. The molecule has 3 N–H and O–H groups in total. The van der Waals surface area contributed by atoms with Crippen LogP contribution in [0.4, 0.5) is 5.69 Å². The van der Waals surface area contributed by atoms with E-state index >= 15 is 0 Å². The van der Waals surface area contributed by atoms with E-state index < -0.39 is 10.0 Å². The average molecular weight is 380 g/mol. The van der Waals surface area contributed by atoms with Gasteiger partial charge in [0.1, 0.15) is 13.2 Å². The number of fused-ring (bicyclic) bond motifs is 1. The molecule has 0 aromatic heterocycles. The van der Waals surface area contributed by atoms with Gasteiger partial charge in [-0.15, -0.1) is 11.8 Å². The molecule has 0 saturated carbocycles. The summed E-state index contributed by atoms with van der Waals surface area (Å²) < 4.78 is 33.4. The van der Waals surface area contributed by atoms with Crippen molar-refractivity contribution in [3.05, 3.63) is 42.5 Å². The molecule has 1 heterocycles. The number of carbonyl (C=O) groups excluding carboxylic acids is 1. The quantitative estimate of drug-likeness (QED) is 0.767. The van der Waals surface area contributed by atoms with Gasteiger partial charge in [-0.25, -0.2) is 13.6 Å². The second kappa shape index (κ2) is 7.34. The Morgan fingerprint density at radius 2 is 1.76 bits per heavy atom. The van der Waals surface area contributed by atoms with E-state index in [-0.39, 0.29) is 16.6 Å². The first-order valence-electron chi connectivity index (χ1n) is 7.37. The van der Waals surface area contributed by atoms with Gasteiger partial charge < -0.3 is 14.8 Å². The highest BCUT2D eigenvalue weighted by molar-refractivity contribution is 8.00. The Bertz CT molecular complexity index is 882. The van der Waals surface area contributed by atoms with Crippen molar-refractivity contribution in [2.45, 2.75) is 9.79 Å². The Morgan fingerprint density at radius 3 is 2.44 bits per heavy atom. The summed E-state index contributed by atoms with van der Waals surface area (Å²) in [5.74, 6) is 1.38. The van der Waals surface area contributed by atoms with Crippen LogP contribution in [0.25, 0.3) is 0 Å². The van der Waals surface area contributed by atoms with Gasteiger partial charge in [-0.3, -0.25) is 4.79 Å². The minimum Gasteiger partial charge on any atom is -0.486 e. The summed E-state index contributed by atoms with van der Waals surface area (Å²) in [6.45, 7) is 1.04. The molecule has 1 aliphatic rings. The maximum atomic E-state index is 12.0. The van der Waals surface area contributed by atoms with Crippen LogP contribution in [-0.4, -0.2) is 33.3 Å². The lowest BCUT2D eigenvalue weighted by Gasteiger charge is -2.18. The molecule has 0 aliphatic carbocycles. The van der Waals surface area contributed by atoms with Crippen LogP contribution >= 0.6 is 11.8 Å². The number of hydrogen-bond acceptors (Lipinski definition) is 6. The molecule has 25 heavy (non-hydrogen) atoms. The molecule has 3 rings (SSSR count). The fourth-order valence-electron chi connectivity index (χ4n) is 2.19. The van der Waals surface area contributed by atoms with Crippen molar-refractivity contribution in [1.29, 1.82) is 0 Å². The van der Waals surface area contributed by atoms with E-state index in [9.17, 15) is 13.2 Å². The van der Waals surface area contributed by atoms with Gasteiger partial charge in [0.15, 0.2) is 11.5 Å². The van der Waals surface area contributed by atoms with Gasteiger partial charge in [-0.2, -0.15) is 0 Å². The van der Waals surface area contributed by atoms with E-state index in [1.807, 2.05) is 18.2 Å². The highest BCUT2D eigenvalue weighted by Gasteiger charge is 2.13. The average Bonchev–Trinajstić information content (AvgIpc) is 2.59. The van der Waals surface area contributed by atoms with E-state index in [0.717, 1.165) is 4.90 Å². The third kappa shape index (κ3) is 4.65. The number of hydrogen-bond donors (Lipinski definition) is 2. The maximum Gasteiger partial charge on any atom is 0.238 e. The van der Waals surface area contributed by atoms with Crippen LogP contribution in [0.2, 0.25) is 0 Å². The molecule has 1 aliphatic heterocycles. The number of anilines is 1. The normalized spacial score (nSPS) is 13.3. The van der Waals surface area contributed by atoms with Crippen LogP contribution in [0.15, 0.2) is 52.3 Å². The van der Waals surface area contributed by atoms with Crippen molar-refractivity contribution in [3.63, 3.8) is 0 Å². The number of carbonyl (C=O) groups is 1. The summed E-state index contributed by atoms with van der Waals surface area (Å²) >= 11 is 1.36. The van der Waals surface area contributed by atoms with Gasteiger partial charge in [-0.1, -0.05) is 0 Å². The van der Waals surface area contributed by atoms with Gasteiger partial charge in [0.05, 0.1) is 10.6 Å². The van der Waals surface area contributed by atoms with Crippen LogP contribution in [0.3, 0.4) is 0 Å². The number of primary sulfonamides is 1. The molecule has 0 atom stereocenters. The molecule has 0 bridgehead atoms. The first-order chi connectivity index (χ1) is 11.9. The van der Waals surface area contributed by atoms with E-state index in [2.05, 4.69) is 5.32 Å². The number of ether oxygens (including phenoxy) is 2. The fourth-order valence-corrected chi connectivity index (χ4v) is 3.43. The highest BCUT2D eigenvalue weighted by Crippen LogP contribution is 2.34. The first kappa shape index (κ1) is 17.6. The molecule has 0 spiro atoms. The number of rotatable bonds is 5. The zero-order valence-corrected chi connectivity index (χ0v) is 14.7. The standard InChI is InChI=1S/C16H16N2O5S2/c17-25(20,21)13-4-1-11(2-5-13)18-16(19)10-24-12-3-6-14-15(9-12)23-8-7-22-14/h1-6,9H,7-8,10H2,(H,18,19)(H2,17,20,21). The molecule has 2 aromatic rings. The predicted molar refractivity (Wildman–Crippen MR) is 94.6 cm³/mol. The van der Waals surface area contributed by atoms with Crippen molar-refractivity contribution < 1.29 is 22.7 Å². The first-order valence-corrected chi connectivity index (χ1v) is 9.90. The topological polar surface area (TPSA) is 108 Å². The van der Waals surface area contributed by atoms with Crippen LogP contribution in [0, 0.1) is 0 Å². The summed E-state index contributed by atoms with van der Waals surface area (Å²) in [6.07, 6.45) is 0. The van der Waals surface area contributed by atoms with E-state index in [1.54, 1.807) is 0 Å². The molecule has 132 valence electrons. The number of amides is 1. The fraction of sp³-hybridized carbons (Fsp3) is 0.188. The van der Waals surface area contributed by atoms with Crippen LogP contribution in [0.1, 0.15) is 0 Å². The largest absolute Gasteiger partial charge is 0.486 e. The number of benzene rings is 2. The SMILES string of the molecule is NS(=O)(=O)c1ccc(NC(=O)CSc2ccc3c(c2)OCCO3)cc1. The van der Waals surface area contributed by atoms with Crippen LogP contribution in [0.5, 0.6) is 11.5 Å². The Labute approximate surface area is 149 Å². The van der Waals surface area contributed by atoms with Crippen molar-refractivity contribution in [2.75, 3.05) is 24.3 Å². The van der Waals surface area contributed by atoms with Crippen molar-refractivity contribution >= 4 is 33.4 Å². The molecule has 7 nitrogen and oxygen atoms in total. The predicted octanol–water partition coefficient (Wildman–Crippen LogP) is 1.84. The molecule has 0 unspecified atom stereocenters. The summed E-state index contributed by atoms with van der Waals surface area (Å²) in [5.41, 5.74) is 0.500. The van der Waals surface area contributed by atoms with Gasteiger partial charge >= 0.3 is 0 Å². The molecular formula is C16H16N2O5S2. The van der Waals surface area contributed by atoms with Gasteiger partial charge in [0.2, 0.25) is 15.9 Å². The van der Waals surface area contributed by atoms with Crippen LogP contribution < -0.4 is 19.9 Å². The Balaban J connectivity index is 1.56. The molecule has 0 saturated heterocycles. The minimum atomic E-state index is -3.74. The smallest absolute Gasteiger partial charge is 0.238 e. The molecule has 2 aromatic carbocycles. The van der Waals surface area contributed by atoms with Gasteiger partial charge in [-0.05, 0) is 42.5 Å². The number of thioether (sulfide) groups is 1. The third-order valence-corrected chi connectivity index (χ3v) is 5.27. The zero-order valence-electron chi connectivity index (χ0n) is 13.1. The zero-order chi connectivity index (χ0) is 17.9. The maximum absolute atomic E-state index is 12.0. The molecule has 0 radical (unpaired) electrons. The van der Waals surface area contributed by atoms with Crippen molar-refractivity contribution in [3.8, 4) is 11.5 Å². The molecule has 9 heteroatoms. The monoisotopic (exact) mass is 380 g/mol. The van der Waals surface area contributed by atoms with E-state index in [1.165, 1.54) is 36.0 Å². The van der Waals surface area contributed by atoms with E-state index in [0.29, 0.717) is 30.4 Å². The summed E-state index contributed by atoms with van der Waals surface area (Å²) in [7, 11) is -3.74. The third-order valence-electron chi connectivity index (χ3n) is 3.35. The Hall–Kier alpha value is -2.23. The number of sulfonamides is 1. The summed E-state index contributed by atoms with van der Waals surface area (Å²) in [5, 5.41) is 7.73. The van der Waals surface area contributed by atoms with Crippen molar-refractivity contribution in [1.82, 2.24) is 0 Å². The van der Waals surface area contributed by atoms with Gasteiger partial charge in [0.25, 0.3) is 0 Å². The lowest BCUT2D eigenvalue weighted by Crippen LogP contribution is -2.16.